The standard InChI is InChI=1S/C16H18FNO2S2/c1-12-3-6-15(11-13(12)2)21-10-9-18-22(19,20)16-7-4-14(17)5-8-16/h3-8,11,18H,9-10H2,1-2H3. The molecule has 0 fully saturated rings. The van der Waals surface area contributed by atoms with E-state index in [4.69, 9.17) is 0 Å². The molecule has 2 rings (SSSR count). The molecular weight excluding hydrogens is 321 g/mol. The third kappa shape index (κ3) is 4.56. The van der Waals surface area contributed by atoms with Crippen molar-refractivity contribution in [1.29, 1.82) is 0 Å². The van der Waals surface area contributed by atoms with Crippen LogP contribution in [0.5, 0.6) is 0 Å². The molecule has 0 radical (unpaired) electrons. The Labute approximate surface area is 135 Å². The number of nitrogens with one attached hydrogen (secondary N) is 1. The van der Waals surface area contributed by atoms with Gasteiger partial charge in [0.2, 0.25) is 10.0 Å². The van der Waals surface area contributed by atoms with Crippen LogP contribution in [0.4, 0.5) is 4.39 Å². The van der Waals surface area contributed by atoms with Crippen LogP contribution in [0.25, 0.3) is 0 Å². The summed E-state index contributed by atoms with van der Waals surface area (Å²) in [6, 6.07) is 11.0. The van der Waals surface area contributed by atoms with Crippen LogP contribution in [0.1, 0.15) is 11.1 Å². The van der Waals surface area contributed by atoms with E-state index in [2.05, 4.69) is 30.7 Å². The van der Waals surface area contributed by atoms with E-state index in [1.54, 1.807) is 11.8 Å². The average molecular weight is 339 g/mol. The maximum atomic E-state index is 12.8. The number of benzene rings is 2. The first-order chi connectivity index (χ1) is 10.4. The lowest BCUT2D eigenvalue weighted by molar-refractivity contribution is 0.583. The molecule has 0 aliphatic carbocycles. The Balaban J connectivity index is 1.87. The Morgan fingerprint density at radius 3 is 2.36 bits per heavy atom. The molecule has 0 heterocycles. The first kappa shape index (κ1) is 17.0. The number of thioether (sulfide) groups is 1. The van der Waals surface area contributed by atoms with Crippen LogP contribution in [0.2, 0.25) is 0 Å². The second kappa shape index (κ2) is 7.26. The molecule has 0 aliphatic rings. The van der Waals surface area contributed by atoms with Gasteiger partial charge in [0.25, 0.3) is 0 Å². The second-order valence-corrected chi connectivity index (χ2v) is 7.88. The first-order valence-corrected chi connectivity index (χ1v) is 9.31. The minimum atomic E-state index is -3.58. The topological polar surface area (TPSA) is 46.2 Å². The predicted molar refractivity (Wildman–Crippen MR) is 88.2 cm³/mol. The molecule has 0 spiro atoms. The van der Waals surface area contributed by atoms with E-state index >= 15 is 0 Å². The van der Waals surface area contributed by atoms with E-state index in [0.717, 1.165) is 17.0 Å². The van der Waals surface area contributed by atoms with Gasteiger partial charge in [-0.1, -0.05) is 6.07 Å². The average Bonchev–Trinajstić information content (AvgIpc) is 2.48. The number of aryl methyl sites for hydroxylation is 2. The lowest BCUT2D eigenvalue weighted by Crippen LogP contribution is -2.26. The van der Waals surface area contributed by atoms with E-state index in [0.29, 0.717) is 12.3 Å². The van der Waals surface area contributed by atoms with Crippen LogP contribution in [-0.2, 0) is 10.0 Å². The van der Waals surface area contributed by atoms with Gasteiger partial charge in [-0.25, -0.2) is 17.5 Å². The fraction of sp³-hybridized carbons (Fsp3) is 0.250. The molecule has 2 aromatic carbocycles. The third-order valence-corrected chi connectivity index (χ3v) is 5.74. The van der Waals surface area contributed by atoms with E-state index < -0.39 is 15.8 Å². The van der Waals surface area contributed by atoms with Gasteiger partial charge in [-0.05, 0) is 61.4 Å². The highest BCUT2D eigenvalue weighted by atomic mass is 32.2. The maximum Gasteiger partial charge on any atom is 0.240 e. The Kier molecular flexibility index (Phi) is 5.61. The van der Waals surface area contributed by atoms with Gasteiger partial charge in [-0.3, -0.25) is 0 Å². The first-order valence-electron chi connectivity index (χ1n) is 6.84. The molecule has 2 aromatic rings. The van der Waals surface area contributed by atoms with Gasteiger partial charge in [0, 0.05) is 17.2 Å². The van der Waals surface area contributed by atoms with Crippen molar-refractivity contribution >= 4 is 21.8 Å². The summed E-state index contributed by atoms with van der Waals surface area (Å²) in [6.45, 7) is 4.43. The number of sulfonamides is 1. The number of halogens is 1. The smallest absolute Gasteiger partial charge is 0.210 e. The zero-order chi connectivity index (χ0) is 16.2. The van der Waals surface area contributed by atoms with Crippen molar-refractivity contribution in [3.05, 3.63) is 59.4 Å². The summed E-state index contributed by atoms with van der Waals surface area (Å²) in [5.41, 5.74) is 2.46. The van der Waals surface area contributed by atoms with Crippen LogP contribution in [0.3, 0.4) is 0 Å². The van der Waals surface area contributed by atoms with Gasteiger partial charge in [0.15, 0.2) is 0 Å². The van der Waals surface area contributed by atoms with Gasteiger partial charge in [0.05, 0.1) is 4.90 Å². The minimum Gasteiger partial charge on any atom is -0.210 e. The van der Waals surface area contributed by atoms with Crippen molar-refractivity contribution in [3.8, 4) is 0 Å². The number of hydrogen-bond acceptors (Lipinski definition) is 3. The Hall–Kier alpha value is -1.37. The van der Waals surface area contributed by atoms with E-state index in [1.165, 1.54) is 23.3 Å². The molecule has 0 unspecified atom stereocenters. The number of rotatable bonds is 6. The molecular formula is C16H18FNO2S2. The number of hydrogen-bond donors (Lipinski definition) is 1. The zero-order valence-electron chi connectivity index (χ0n) is 12.5. The van der Waals surface area contributed by atoms with Gasteiger partial charge in [-0.2, -0.15) is 0 Å². The maximum absolute atomic E-state index is 12.8. The summed E-state index contributed by atoms with van der Waals surface area (Å²) in [4.78, 5) is 1.19. The van der Waals surface area contributed by atoms with Gasteiger partial charge in [0.1, 0.15) is 5.82 Å². The largest absolute Gasteiger partial charge is 0.240 e. The highest BCUT2D eigenvalue weighted by molar-refractivity contribution is 7.99. The SMILES string of the molecule is Cc1ccc(SCCNS(=O)(=O)c2ccc(F)cc2)cc1C. The van der Waals surface area contributed by atoms with Crippen LogP contribution < -0.4 is 4.72 Å². The van der Waals surface area contributed by atoms with Crippen molar-refractivity contribution in [2.45, 2.75) is 23.6 Å². The summed E-state index contributed by atoms with van der Waals surface area (Å²) in [7, 11) is -3.58. The molecule has 0 saturated carbocycles. The fourth-order valence-corrected chi connectivity index (χ4v) is 3.87. The summed E-state index contributed by atoms with van der Waals surface area (Å²) >= 11 is 1.59. The molecule has 0 bridgehead atoms. The van der Waals surface area contributed by atoms with Crippen molar-refractivity contribution in [3.63, 3.8) is 0 Å². The summed E-state index contributed by atoms with van der Waals surface area (Å²) < 4.78 is 39.4. The van der Waals surface area contributed by atoms with Gasteiger partial charge < -0.3 is 0 Å². The van der Waals surface area contributed by atoms with E-state index in [9.17, 15) is 12.8 Å². The molecule has 0 aromatic heterocycles. The molecule has 0 amide bonds. The quantitative estimate of drug-likeness (QED) is 0.647. The molecule has 22 heavy (non-hydrogen) atoms. The van der Waals surface area contributed by atoms with Crippen LogP contribution in [-0.4, -0.2) is 20.7 Å². The normalized spacial score (nSPS) is 11.6. The van der Waals surface area contributed by atoms with Crippen LogP contribution in [0.15, 0.2) is 52.3 Å². The van der Waals surface area contributed by atoms with Gasteiger partial charge in [-0.15, -0.1) is 11.8 Å². The Morgan fingerprint density at radius 2 is 1.73 bits per heavy atom. The molecule has 1 N–H and O–H groups in total. The zero-order valence-corrected chi connectivity index (χ0v) is 14.1. The summed E-state index contributed by atoms with van der Waals surface area (Å²) in [6.07, 6.45) is 0. The molecule has 0 atom stereocenters. The summed E-state index contributed by atoms with van der Waals surface area (Å²) in [5.74, 6) is 0.174. The van der Waals surface area contributed by atoms with Crippen LogP contribution in [0, 0.1) is 19.7 Å². The third-order valence-electron chi connectivity index (χ3n) is 3.27. The highest BCUT2D eigenvalue weighted by Crippen LogP contribution is 2.20. The van der Waals surface area contributed by atoms with Crippen molar-refractivity contribution < 1.29 is 12.8 Å². The molecule has 118 valence electrons. The monoisotopic (exact) mass is 339 g/mol. The van der Waals surface area contributed by atoms with Crippen molar-refractivity contribution in [2.75, 3.05) is 12.3 Å². The van der Waals surface area contributed by atoms with Crippen LogP contribution >= 0.6 is 11.8 Å². The van der Waals surface area contributed by atoms with Crippen molar-refractivity contribution in [1.82, 2.24) is 4.72 Å². The van der Waals surface area contributed by atoms with Crippen molar-refractivity contribution in [2.24, 2.45) is 0 Å². The molecule has 3 nitrogen and oxygen atoms in total. The lowest BCUT2D eigenvalue weighted by Gasteiger charge is -2.08. The minimum absolute atomic E-state index is 0.0741. The Morgan fingerprint density at radius 1 is 1.05 bits per heavy atom. The fourth-order valence-electron chi connectivity index (χ4n) is 1.85. The van der Waals surface area contributed by atoms with E-state index in [1.807, 2.05) is 6.07 Å². The lowest BCUT2D eigenvalue weighted by atomic mass is 10.1. The second-order valence-electron chi connectivity index (χ2n) is 4.95. The Bertz CT molecular complexity index is 743. The van der Waals surface area contributed by atoms with Gasteiger partial charge >= 0.3 is 0 Å². The van der Waals surface area contributed by atoms with E-state index in [-0.39, 0.29) is 4.90 Å². The molecule has 6 heteroatoms. The molecule has 0 aliphatic heterocycles. The predicted octanol–water partition coefficient (Wildman–Crippen LogP) is 3.51. The highest BCUT2D eigenvalue weighted by Gasteiger charge is 2.12. The summed E-state index contributed by atoms with van der Waals surface area (Å²) in [5, 5.41) is 0. The molecule has 0 saturated heterocycles.